The van der Waals surface area contributed by atoms with Crippen molar-refractivity contribution in [3.05, 3.63) is 59.7 Å². The quantitative estimate of drug-likeness (QED) is 0.725. The molecule has 1 aliphatic carbocycles. The van der Waals surface area contributed by atoms with Crippen LogP contribution in [0.25, 0.3) is 11.4 Å². The van der Waals surface area contributed by atoms with E-state index in [0.717, 1.165) is 29.7 Å². The zero-order valence-electron chi connectivity index (χ0n) is 13.8. The van der Waals surface area contributed by atoms with E-state index in [1.54, 1.807) is 0 Å². The number of amides is 1. The van der Waals surface area contributed by atoms with Crippen molar-refractivity contribution in [2.75, 3.05) is 5.32 Å². The molecule has 1 heterocycles. The second kappa shape index (κ2) is 6.64. The molecule has 3 aromatic rings. The average molecular weight is 350 g/mol. The number of aromatic nitrogens is 2. The molecule has 4 rings (SSSR count). The predicted octanol–water partition coefficient (Wildman–Crippen LogP) is 4.15. The van der Waals surface area contributed by atoms with Crippen LogP contribution in [0.2, 0.25) is 0 Å². The Labute approximate surface area is 150 Å². The summed E-state index contributed by atoms with van der Waals surface area (Å²) in [6.07, 6.45) is 2.16. The Kier molecular flexibility index (Phi) is 4.19. The lowest BCUT2D eigenvalue weighted by molar-refractivity contribution is 0.0951. The van der Waals surface area contributed by atoms with E-state index in [2.05, 4.69) is 20.0 Å². The van der Waals surface area contributed by atoms with E-state index in [1.165, 1.54) is 11.5 Å². The average Bonchev–Trinajstić information content (AvgIpc) is 3.32. The first-order valence-corrected chi connectivity index (χ1v) is 9.04. The van der Waals surface area contributed by atoms with Crippen LogP contribution < -0.4 is 10.6 Å². The molecule has 25 heavy (non-hydrogen) atoms. The number of aryl methyl sites for hydroxylation is 1. The fourth-order valence-corrected chi connectivity index (χ4v) is 3.09. The van der Waals surface area contributed by atoms with Crippen molar-refractivity contribution in [1.29, 1.82) is 0 Å². The summed E-state index contributed by atoms with van der Waals surface area (Å²) in [5, 5.41) is 7.02. The number of hydrogen-bond donors (Lipinski definition) is 2. The molecule has 1 aromatic heterocycles. The van der Waals surface area contributed by atoms with E-state index < -0.39 is 0 Å². The van der Waals surface area contributed by atoms with Gasteiger partial charge in [0, 0.05) is 34.4 Å². The maximum atomic E-state index is 12.2. The van der Waals surface area contributed by atoms with Crippen LogP contribution in [-0.4, -0.2) is 21.3 Å². The molecule has 0 radical (unpaired) electrons. The van der Waals surface area contributed by atoms with E-state index in [-0.39, 0.29) is 5.91 Å². The predicted molar refractivity (Wildman–Crippen MR) is 100 cm³/mol. The van der Waals surface area contributed by atoms with Crippen LogP contribution in [0.4, 0.5) is 10.8 Å². The second-order valence-corrected chi connectivity index (χ2v) is 6.94. The topological polar surface area (TPSA) is 66.9 Å². The molecule has 1 saturated carbocycles. The summed E-state index contributed by atoms with van der Waals surface area (Å²) < 4.78 is 4.41. The molecule has 2 N–H and O–H groups in total. The van der Waals surface area contributed by atoms with E-state index >= 15 is 0 Å². The Balaban J connectivity index is 1.54. The van der Waals surface area contributed by atoms with Crippen LogP contribution in [0.3, 0.4) is 0 Å². The van der Waals surface area contributed by atoms with E-state index in [9.17, 15) is 4.79 Å². The highest BCUT2D eigenvalue weighted by atomic mass is 32.1. The molecule has 1 fully saturated rings. The van der Waals surface area contributed by atoms with E-state index in [4.69, 9.17) is 0 Å². The molecule has 126 valence electrons. The number of benzene rings is 2. The van der Waals surface area contributed by atoms with Gasteiger partial charge in [0.15, 0.2) is 5.82 Å². The third kappa shape index (κ3) is 3.69. The maximum absolute atomic E-state index is 12.2. The second-order valence-electron chi connectivity index (χ2n) is 6.19. The van der Waals surface area contributed by atoms with Crippen LogP contribution in [-0.2, 0) is 0 Å². The highest BCUT2D eigenvalue weighted by Crippen LogP contribution is 2.26. The minimum atomic E-state index is -0.0206. The summed E-state index contributed by atoms with van der Waals surface area (Å²) in [4.78, 5) is 16.8. The lowest BCUT2D eigenvalue weighted by Crippen LogP contribution is -2.25. The molecular weight excluding hydrogens is 332 g/mol. The van der Waals surface area contributed by atoms with Gasteiger partial charge < -0.3 is 10.6 Å². The Morgan fingerprint density at radius 3 is 2.72 bits per heavy atom. The normalized spacial score (nSPS) is 13.5. The number of nitrogens with one attached hydrogen (secondary N) is 2. The van der Waals surface area contributed by atoms with Crippen LogP contribution in [0, 0.1) is 6.92 Å². The summed E-state index contributed by atoms with van der Waals surface area (Å²) in [5.41, 5.74) is 3.58. The summed E-state index contributed by atoms with van der Waals surface area (Å²) in [7, 11) is 0. The Bertz CT molecular complexity index is 903. The van der Waals surface area contributed by atoms with Crippen molar-refractivity contribution in [3.63, 3.8) is 0 Å². The Morgan fingerprint density at radius 1 is 1.16 bits per heavy atom. The number of rotatable bonds is 5. The SMILES string of the molecule is Cc1ccc(C(=O)NC2CC2)cc1Nc1nc(-c2ccccc2)ns1. The van der Waals surface area contributed by atoms with Gasteiger partial charge in [-0.3, -0.25) is 4.79 Å². The Morgan fingerprint density at radius 2 is 1.96 bits per heavy atom. The van der Waals surface area contributed by atoms with Crippen molar-refractivity contribution in [2.24, 2.45) is 0 Å². The van der Waals surface area contributed by atoms with Crippen molar-refractivity contribution in [1.82, 2.24) is 14.7 Å². The van der Waals surface area contributed by atoms with Gasteiger partial charge in [0.1, 0.15) is 0 Å². The van der Waals surface area contributed by atoms with Gasteiger partial charge in [-0.05, 0) is 37.5 Å². The Hall–Kier alpha value is -2.73. The third-order valence-corrected chi connectivity index (χ3v) is 4.74. The smallest absolute Gasteiger partial charge is 0.251 e. The molecule has 1 aliphatic rings. The fraction of sp³-hybridized carbons (Fsp3) is 0.211. The number of nitrogens with zero attached hydrogens (tertiary/aromatic N) is 2. The minimum absolute atomic E-state index is 0.0206. The number of hydrogen-bond acceptors (Lipinski definition) is 5. The number of anilines is 2. The monoisotopic (exact) mass is 350 g/mol. The first kappa shape index (κ1) is 15.8. The molecular formula is C19H18N4OS. The van der Waals surface area contributed by atoms with Gasteiger partial charge in [0.2, 0.25) is 5.13 Å². The molecule has 0 saturated heterocycles. The highest BCUT2D eigenvalue weighted by Gasteiger charge is 2.24. The van der Waals surface area contributed by atoms with E-state index in [0.29, 0.717) is 22.6 Å². The highest BCUT2D eigenvalue weighted by molar-refractivity contribution is 7.09. The lowest BCUT2D eigenvalue weighted by Gasteiger charge is -2.09. The summed E-state index contributed by atoms with van der Waals surface area (Å²) in [5.74, 6) is 0.682. The van der Waals surface area contributed by atoms with Gasteiger partial charge in [0.05, 0.1) is 0 Å². The van der Waals surface area contributed by atoms with Crippen molar-refractivity contribution in [3.8, 4) is 11.4 Å². The summed E-state index contributed by atoms with van der Waals surface area (Å²) >= 11 is 1.31. The third-order valence-electron chi connectivity index (χ3n) is 4.11. The van der Waals surface area contributed by atoms with Gasteiger partial charge in [-0.25, -0.2) is 0 Å². The molecule has 1 amide bonds. The molecule has 2 aromatic carbocycles. The molecule has 0 atom stereocenters. The minimum Gasteiger partial charge on any atom is -0.349 e. The standard InChI is InChI=1S/C19H18N4OS/c1-12-7-8-14(18(24)20-15-9-10-15)11-16(12)21-19-22-17(23-25-19)13-5-3-2-4-6-13/h2-8,11,15H,9-10H2,1H3,(H,20,24)(H,21,22,23). The van der Waals surface area contributed by atoms with Crippen molar-refractivity contribution >= 4 is 28.3 Å². The largest absolute Gasteiger partial charge is 0.349 e. The summed E-state index contributed by atoms with van der Waals surface area (Å²) in [6.45, 7) is 2.00. The van der Waals surface area contributed by atoms with Crippen LogP contribution in [0.15, 0.2) is 48.5 Å². The van der Waals surface area contributed by atoms with Gasteiger partial charge >= 0.3 is 0 Å². The van der Waals surface area contributed by atoms with Crippen LogP contribution >= 0.6 is 11.5 Å². The fourth-order valence-electron chi connectivity index (χ4n) is 2.49. The number of carbonyl (C=O) groups excluding carboxylic acids is 1. The first-order valence-electron chi connectivity index (χ1n) is 8.27. The van der Waals surface area contributed by atoms with Gasteiger partial charge in [0.25, 0.3) is 5.91 Å². The molecule has 6 heteroatoms. The van der Waals surface area contributed by atoms with Gasteiger partial charge in [-0.15, -0.1) is 0 Å². The van der Waals surface area contributed by atoms with Gasteiger partial charge in [-0.2, -0.15) is 9.36 Å². The zero-order chi connectivity index (χ0) is 17.2. The van der Waals surface area contributed by atoms with Crippen molar-refractivity contribution < 1.29 is 4.79 Å². The van der Waals surface area contributed by atoms with Gasteiger partial charge in [-0.1, -0.05) is 36.4 Å². The first-order chi connectivity index (χ1) is 12.2. The maximum Gasteiger partial charge on any atom is 0.251 e. The summed E-state index contributed by atoms with van der Waals surface area (Å²) in [6, 6.07) is 15.9. The molecule has 5 nitrogen and oxygen atoms in total. The lowest BCUT2D eigenvalue weighted by atomic mass is 10.1. The zero-order valence-corrected chi connectivity index (χ0v) is 14.6. The molecule has 0 aliphatic heterocycles. The molecule has 0 bridgehead atoms. The molecule has 0 spiro atoms. The van der Waals surface area contributed by atoms with E-state index in [1.807, 2.05) is 55.5 Å². The van der Waals surface area contributed by atoms with Crippen LogP contribution in [0.5, 0.6) is 0 Å². The molecule has 0 unspecified atom stereocenters. The van der Waals surface area contributed by atoms with Crippen molar-refractivity contribution in [2.45, 2.75) is 25.8 Å². The number of carbonyl (C=O) groups is 1. The van der Waals surface area contributed by atoms with Crippen LogP contribution in [0.1, 0.15) is 28.8 Å².